The van der Waals surface area contributed by atoms with Gasteiger partial charge in [0.2, 0.25) is 0 Å². The molecule has 0 bridgehead atoms. The largest absolute Gasteiger partial charge is 0.351 e. The van der Waals surface area contributed by atoms with Crippen LogP contribution in [0.1, 0.15) is 22.5 Å². The molecule has 2 aromatic rings. The fourth-order valence-corrected chi connectivity index (χ4v) is 2.47. The summed E-state index contributed by atoms with van der Waals surface area (Å²) in [5.41, 5.74) is 2.85. The summed E-state index contributed by atoms with van der Waals surface area (Å²) in [5, 5.41) is 7.40. The summed E-state index contributed by atoms with van der Waals surface area (Å²) in [7, 11) is 0. The van der Waals surface area contributed by atoms with Crippen LogP contribution in [0.5, 0.6) is 0 Å². The van der Waals surface area contributed by atoms with Crippen molar-refractivity contribution in [3.05, 3.63) is 35.5 Å². The number of nitrogens with one attached hydrogen (secondary N) is 3. The van der Waals surface area contributed by atoms with Crippen LogP contribution in [0.3, 0.4) is 0 Å². The maximum Gasteiger partial charge on any atom is 0.267 e. The quantitative estimate of drug-likeness (QED) is 0.750. The van der Waals surface area contributed by atoms with Crippen LogP contribution in [0.25, 0.3) is 10.9 Å². The van der Waals surface area contributed by atoms with E-state index in [0.29, 0.717) is 5.69 Å². The average molecular weight is 243 g/mol. The first-order chi connectivity index (χ1) is 8.74. The molecule has 0 spiro atoms. The number of carbonyl (C=O) groups is 1. The number of rotatable bonds is 2. The number of carbonyl (C=O) groups excluding carboxylic acids is 1. The molecule has 1 amide bonds. The second-order valence-corrected chi connectivity index (χ2v) is 4.88. The van der Waals surface area contributed by atoms with E-state index >= 15 is 0 Å². The van der Waals surface area contributed by atoms with Gasteiger partial charge in [0.05, 0.1) is 0 Å². The SMILES string of the molecule is Cc1cccc2[nH]c(C(=O)N[C@@H]3CCNC3)cc12. The minimum Gasteiger partial charge on any atom is -0.351 e. The van der Waals surface area contributed by atoms with Gasteiger partial charge in [-0.15, -0.1) is 0 Å². The van der Waals surface area contributed by atoms with Gasteiger partial charge < -0.3 is 15.6 Å². The van der Waals surface area contributed by atoms with Gasteiger partial charge in [0, 0.05) is 23.5 Å². The van der Waals surface area contributed by atoms with E-state index < -0.39 is 0 Å². The molecule has 4 nitrogen and oxygen atoms in total. The van der Waals surface area contributed by atoms with E-state index in [1.165, 1.54) is 5.56 Å². The van der Waals surface area contributed by atoms with Gasteiger partial charge in [0.1, 0.15) is 5.69 Å². The number of aromatic amines is 1. The maximum atomic E-state index is 12.1. The third-order valence-electron chi connectivity index (χ3n) is 3.52. The molecule has 94 valence electrons. The predicted octanol–water partition coefficient (Wildman–Crippen LogP) is 1.57. The number of hydrogen-bond donors (Lipinski definition) is 3. The van der Waals surface area contributed by atoms with Crippen LogP contribution in [0, 0.1) is 6.92 Å². The van der Waals surface area contributed by atoms with Gasteiger partial charge in [-0.1, -0.05) is 12.1 Å². The smallest absolute Gasteiger partial charge is 0.267 e. The van der Waals surface area contributed by atoms with Crippen molar-refractivity contribution in [2.45, 2.75) is 19.4 Å². The van der Waals surface area contributed by atoms with Crippen LogP contribution in [0.2, 0.25) is 0 Å². The molecule has 1 saturated heterocycles. The summed E-state index contributed by atoms with van der Waals surface area (Å²) < 4.78 is 0. The molecule has 0 aliphatic carbocycles. The summed E-state index contributed by atoms with van der Waals surface area (Å²) in [4.78, 5) is 15.3. The van der Waals surface area contributed by atoms with Crippen molar-refractivity contribution in [2.24, 2.45) is 0 Å². The van der Waals surface area contributed by atoms with Crippen LogP contribution in [-0.2, 0) is 0 Å². The number of H-pyrrole nitrogens is 1. The molecular formula is C14H17N3O. The van der Waals surface area contributed by atoms with Gasteiger partial charge in [-0.2, -0.15) is 0 Å². The minimum absolute atomic E-state index is 0.0145. The number of benzene rings is 1. The normalized spacial score (nSPS) is 19.3. The Hall–Kier alpha value is -1.81. The second-order valence-electron chi connectivity index (χ2n) is 4.88. The Morgan fingerprint density at radius 3 is 3.06 bits per heavy atom. The van der Waals surface area contributed by atoms with E-state index in [0.717, 1.165) is 30.4 Å². The van der Waals surface area contributed by atoms with Crippen molar-refractivity contribution in [1.29, 1.82) is 0 Å². The first kappa shape index (κ1) is 11.3. The van der Waals surface area contributed by atoms with E-state index in [2.05, 4.69) is 28.6 Å². The Bertz CT molecular complexity index is 582. The fraction of sp³-hybridized carbons (Fsp3) is 0.357. The highest BCUT2D eigenvalue weighted by atomic mass is 16.1. The molecule has 1 aliphatic heterocycles. The van der Waals surface area contributed by atoms with E-state index in [1.54, 1.807) is 0 Å². The van der Waals surface area contributed by atoms with Gasteiger partial charge in [0.25, 0.3) is 5.91 Å². The van der Waals surface area contributed by atoms with Crippen molar-refractivity contribution in [3.63, 3.8) is 0 Å². The lowest BCUT2D eigenvalue weighted by Gasteiger charge is -2.09. The Balaban J connectivity index is 1.85. The third-order valence-corrected chi connectivity index (χ3v) is 3.52. The standard InChI is InChI=1S/C14H17N3O/c1-9-3-2-4-12-11(9)7-13(17-12)14(18)16-10-5-6-15-8-10/h2-4,7,10,15,17H,5-6,8H2,1H3,(H,16,18)/t10-/m1/s1. The van der Waals surface area contributed by atoms with E-state index in [1.807, 2.05) is 18.2 Å². The molecule has 3 rings (SSSR count). The zero-order valence-corrected chi connectivity index (χ0v) is 10.4. The molecule has 3 N–H and O–H groups in total. The average Bonchev–Trinajstić information content (AvgIpc) is 2.97. The van der Waals surface area contributed by atoms with Gasteiger partial charge in [-0.25, -0.2) is 0 Å². The van der Waals surface area contributed by atoms with Crippen molar-refractivity contribution < 1.29 is 4.79 Å². The van der Waals surface area contributed by atoms with Gasteiger partial charge in [-0.3, -0.25) is 4.79 Å². The van der Waals surface area contributed by atoms with E-state index in [-0.39, 0.29) is 11.9 Å². The van der Waals surface area contributed by atoms with Gasteiger partial charge >= 0.3 is 0 Å². The first-order valence-electron chi connectivity index (χ1n) is 6.34. The molecule has 2 heterocycles. The van der Waals surface area contributed by atoms with E-state index in [4.69, 9.17) is 0 Å². The molecule has 1 aromatic heterocycles. The lowest BCUT2D eigenvalue weighted by molar-refractivity contribution is 0.0936. The molecular weight excluding hydrogens is 226 g/mol. The molecule has 0 radical (unpaired) electrons. The highest BCUT2D eigenvalue weighted by molar-refractivity contribution is 5.98. The zero-order valence-electron chi connectivity index (χ0n) is 10.4. The van der Waals surface area contributed by atoms with Crippen LogP contribution in [0.15, 0.2) is 24.3 Å². The fourth-order valence-electron chi connectivity index (χ4n) is 2.47. The Morgan fingerprint density at radius 2 is 2.33 bits per heavy atom. The Labute approximate surface area is 106 Å². The summed E-state index contributed by atoms with van der Waals surface area (Å²) in [5.74, 6) is -0.0145. The number of amides is 1. The highest BCUT2D eigenvalue weighted by Crippen LogP contribution is 2.19. The molecule has 1 fully saturated rings. The Kier molecular flexibility index (Phi) is 2.80. The van der Waals surface area contributed by atoms with Gasteiger partial charge in [-0.05, 0) is 37.6 Å². The highest BCUT2D eigenvalue weighted by Gasteiger charge is 2.18. The van der Waals surface area contributed by atoms with E-state index in [9.17, 15) is 4.79 Å². The second kappa shape index (κ2) is 4.46. The van der Waals surface area contributed by atoms with Crippen LogP contribution in [-0.4, -0.2) is 30.0 Å². The number of fused-ring (bicyclic) bond motifs is 1. The molecule has 0 unspecified atom stereocenters. The lowest BCUT2D eigenvalue weighted by Crippen LogP contribution is -2.36. The topological polar surface area (TPSA) is 56.9 Å². The van der Waals surface area contributed by atoms with Crippen molar-refractivity contribution in [3.8, 4) is 0 Å². The van der Waals surface area contributed by atoms with Crippen LogP contribution in [0.4, 0.5) is 0 Å². The number of aromatic nitrogens is 1. The molecule has 4 heteroatoms. The molecule has 1 aliphatic rings. The molecule has 1 atom stereocenters. The van der Waals surface area contributed by atoms with Crippen molar-refractivity contribution in [2.75, 3.05) is 13.1 Å². The lowest BCUT2D eigenvalue weighted by atomic mass is 10.1. The molecule has 18 heavy (non-hydrogen) atoms. The number of aryl methyl sites for hydroxylation is 1. The maximum absolute atomic E-state index is 12.1. The Morgan fingerprint density at radius 1 is 1.44 bits per heavy atom. The van der Waals surface area contributed by atoms with Crippen molar-refractivity contribution in [1.82, 2.24) is 15.6 Å². The summed E-state index contributed by atoms with van der Waals surface area (Å²) in [6, 6.07) is 8.23. The summed E-state index contributed by atoms with van der Waals surface area (Å²) >= 11 is 0. The number of hydrogen-bond acceptors (Lipinski definition) is 2. The summed E-state index contributed by atoms with van der Waals surface area (Å²) in [6.45, 7) is 3.90. The van der Waals surface area contributed by atoms with Crippen LogP contribution >= 0.6 is 0 Å². The minimum atomic E-state index is -0.0145. The molecule has 1 aromatic carbocycles. The summed E-state index contributed by atoms with van der Waals surface area (Å²) in [6.07, 6.45) is 1.00. The van der Waals surface area contributed by atoms with Crippen molar-refractivity contribution >= 4 is 16.8 Å². The first-order valence-corrected chi connectivity index (χ1v) is 6.34. The monoisotopic (exact) mass is 243 g/mol. The molecule has 0 saturated carbocycles. The predicted molar refractivity (Wildman–Crippen MR) is 71.8 cm³/mol. The van der Waals surface area contributed by atoms with Crippen LogP contribution < -0.4 is 10.6 Å². The van der Waals surface area contributed by atoms with Gasteiger partial charge in [0.15, 0.2) is 0 Å². The third kappa shape index (κ3) is 1.99. The zero-order chi connectivity index (χ0) is 12.5.